The molecule has 0 heterocycles. The van der Waals surface area contributed by atoms with E-state index in [9.17, 15) is 28.8 Å². The summed E-state index contributed by atoms with van der Waals surface area (Å²) >= 11 is 0. The molecule has 0 bridgehead atoms. The largest absolute Gasteiger partial charge is 0.467 e. The number of carbonyl (C=O) groups excluding carboxylic acids is 6. The number of carbonyl (C=O) groups is 6. The van der Waals surface area contributed by atoms with Gasteiger partial charge in [0, 0.05) is 0 Å². The summed E-state index contributed by atoms with van der Waals surface area (Å²) in [6.07, 6.45) is 2.03. The van der Waals surface area contributed by atoms with Gasteiger partial charge in [-0.05, 0) is 77.7 Å². The molecule has 270 valence electrons. The fourth-order valence-corrected chi connectivity index (χ4v) is 4.26. The second kappa shape index (κ2) is 17.3. The Kier molecular flexibility index (Phi) is 14.1. The van der Waals surface area contributed by atoms with Crippen LogP contribution in [0.25, 0.3) is 12.2 Å². The van der Waals surface area contributed by atoms with Crippen molar-refractivity contribution in [2.24, 2.45) is 5.92 Å². The van der Waals surface area contributed by atoms with Crippen molar-refractivity contribution in [1.82, 2.24) is 26.6 Å². The molecule has 0 radical (unpaired) electrons. The minimum atomic E-state index is -1.52. The molecule has 2 rings (SSSR count). The van der Waals surface area contributed by atoms with E-state index in [1.165, 1.54) is 47.0 Å². The zero-order valence-electron chi connectivity index (χ0n) is 30.3. The molecule has 2 aromatic carbocycles. The van der Waals surface area contributed by atoms with E-state index in [4.69, 9.17) is 9.47 Å². The summed E-state index contributed by atoms with van der Waals surface area (Å²) in [5.41, 5.74) is -3.01. The Morgan fingerprint density at radius 2 is 1.14 bits per heavy atom. The van der Waals surface area contributed by atoms with Gasteiger partial charge < -0.3 is 36.1 Å². The number of nitrogens with one attached hydrogen (secondary N) is 5. The predicted octanol–water partition coefficient (Wildman–Crippen LogP) is 3.81. The number of esters is 1. The molecule has 0 aliphatic carbocycles. The van der Waals surface area contributed by atoms with Crippen LogP contribution < -0.4 is 26.6 Å². The molecular weight excluding hydrogens is 642 g/mol. The van der Waals surface area contributed by atoms with Gasteiger partial charge >= 0.3 is 12.1 Å². The summed E-state index contributed by atoms with van der Waals surface area (Å²) in [5, 5.41) is 12.9. The first-order valence-electron chi connectivity index (χ1n) is 16.0. The first kappa shape index (κ1) is 40.7. The smallest absolute Gasteiger partial charge is 0.408 e. The van der Waals surface area contributed by atoms with Gasteiger partial charge in [0.05, 0.1) is 7.11 Å². The number of methoxy groups -OCH3 is 1. The summed E-state index contributed by atoms with van der Waals surface area (Å²) in [5.74, 6) is -4.25. The molecular formula is C37H49N5O8. The SMILES string of the molecule is COC(=O)C(C)(C)NC(=O)/C(=C/c1ccccc1)NC(=O)[C@@H](NC(=O)/C(=C\c1ccccc1)NC(=O)C(C)(C)NC(=O)OC(C)(C)C)C(C)C. The molecule has 0 aliphatic heterocycles. The van der Waals surface area contributed by atoms with Crippen molar-refractivity contribution in [2.75, 3.05) is 7.11 Å². The lowest BCUT2D eigenvalue weighted by Crippen LogP contribution is -2.57. The molecule has 0 aromatic heterocycles. The number of amides is 5. The van der Waals surface area contributed by atoms with Crippen LogP contribution in [0.15, 0.2) is 72.1 Å². The van der Waals surface area contributed by atoms with Crippen LogP contribution in [0.3, 0.4) is 0 Å². The number of alkyl carbamates (subject to hydrolysis) is 1. The van der Waals surface area contributed by atoms with Crippen molar-refractivity contribution >= 4 is 47.8 Å². The zero-order valence-corrected chi connectivity index (χ0v) is 30.3. The molecule has 0 spiro atoms. The molecule has 13 heteroatoms. The van der Waals surface area contributed by atoms with Gasteiger partial charge in [-0.3, -0.25) is 19.2 Å². The van der Waals surface area contributed by atoms with Gasteiger partial charge in [-0.1, -0.05) is 74.5 Å². The normalized spacial score (nSPS) is 13.0. The van der Waals surface area contributed by atoms with Crippen LogP contribution >= 0.6 is 0 Å². The average Bonchev–Trinajstić information content (AvgIpc) is 3.01. The lowest BCUT2D eigenvalue weighted by atomic mass is 10.0. The topological polar surface area (TPSA) is 181 Å². The molecule has 50 heavy (non-hydrogen) atoms. The zero-order chi connectivity index (χ0) is 37.9. The standard InChI is InChI=1S/C37H49N5O8/c1-23(2)28(31(45)38-27(22-25-19-15-12-16-20-25)30(44)41-37(8,9)33(47)49-10)40-29(43)26(21-24-17-13-11-14-18-24)39-32(46)36(6,7)42-34(48)50-35(3,4)5/h11-23,28H,1-10H3,(H,38,45)(H,39,46)(H,40,43)(H,41,44)(H,42,48)/b26-21+,27-22-/t28-/m0/s1. The molecule has 1 atom stereocenters. The Labute approximate surface area is 293 Å². The maximum Gasteiger partial charge on any atom is 0.408 e. The molecule has 5 amide bonds. The summed E-state index contributed by atoms with van der Waals surface area (Å²) in [4.78, 5) is 79.2. The number of benzene rings is 2. The Morgan fingerprint density at radius 3 is 1.58 bits per heavy atom. The van der Waals surface area contributed by atoms with E-state index in [0.717, 1.165) is 0 Å². The molecule has 0 unspecified atom stereocenters. The van der Waals surface area contributed by atoms with Gasteiger partial charge in [0.15, 0.2) is 0 Å². The summed E-state index contributed by atoms with van der Waals surface area (Å²) in [6, 6.07) is 16.2. The van der Waals surface area contributed by atoms with E-state index in [1.54, 1.807) is 95.3 Å². The van der Waals surface area contributed by atoms with Gasteiger partial charge in [0.1, 0.15) is 34.1 Å². The first-order valence-corrected chi connectivity index (χ1v) is 16.0. The Bertz CT molecular complexity index is 1610. The maximum atomic E-state index is 13.8. The van der Waals surface area contributed by atoms with Crippen molar-refractivity contribution in [3.63, 3.8) is 0 Å². The number of hydrogen-bond donors (Lipinski definition) is 5. The second-order valence-corrected chi connectivity index (χ2v) is 13.9. The molecule has 2 aromatic rings. The minimum absolute atomic E-state index is 0.193. The quantitative estimate of drug-likeness (QED) is 0.155. The van der Waals surface area contributed by atoms with Gasteiger partial charge in [-0.25, -0.2) is 9.59 Å². The van der Waals surface area contributed by atoms with Crippen LogP contribution in [0.4, 0.5) is 4.79 Å². The average molecular weight is 692 g/mol. The Morgan fingerprint density at radius 1 is 0.660 bits per heavy atom. The predicted molar refractivity (Wildman–Crippen MR) is 190 cm³/mol. The van der Waals surface area contributed by atoms with Gasteiger partial charge in [-0.2, -0.15) is 0 Å². The third-order valence-electron chi connectivity index (χ3n) is 6.96. The van der Waals surface area contributed by atoms with E-state index in [1.807, 2.05) is 0 Å². The number of hydrogen-bond acceptors (Lipinski definition) is 8. The van der Waals surface area contributed by atoms with E-state index in [2.05, 4.69) is 26.6 Å². The lowest BCUT2D eigenvalue weighted by molar-refractivity contribution is -0.149. The monoisotopic (exact) mass is 691 g/mol. The third-order valence-corrected chi connectivity index (χ3v) is 6.96. The summed E-state index contributed by atoms with van der Waals surface area (Å²) in [7, 11) is 1.19. The van der Waals surface area contributed by atoms with E-state index in [0.29, 0.717) is 11.1 Å². The maximum absolute atomic E-state index is 13.8. The first-order chi connectivity index (χ1) is 23.1. The van der Waals surface area contributed by atoms with Gasteiger partial charge in [0.2, 0.25) is 11.8 Å². The van der Waals surface area contributed by atoms with Crippen LogP contribution in [0.5, 0.6) is 0 Å². The Hall–Kier alpha value is -5.46. The van der Waals surface area contributed by atoms with Crippen LogP contribution in [0.1, 0.15) is 73.4 Å². The highest BCUT2D eigenvalue weighted by molar-refractivity contribution is 6.07. The van der Waals surface area contributed by atoms with Crippen molar-refractivity contribution in [1.29, 1.82) is 0 Å². The number of ether oxygens (including phenoxy) is 2. The van der Waals surface area contributed by atoms with E-state index in [-0.39, 0.29) is 11.4 Å². The van der Waals surface area contributed by atoms with Crippen LogP contribution in [0, 0.1) is 5.92 Å². The van der Waals surface area contributed by atoms with E-state index >= 15 is 0 Å². The van der Waals surface area contributed by atoms with Crippen molar-refractivity contribution in [3.8, 4) is 0 Å². The number of rotatable bonds is 13. The van der Waals surface area contributed by atoms with Crippen molar-refractivity contribution in [2.45, 2.75) is 85.0 Å². The highest BCUT2D eigenvalue weighted by Gasteiger charge is 2.35. The highest BCUT2D eigenvalue weighted by atomic mass is 16.6. The van der Waals surface area contributed by atoms with Crippen LogP contribution in [-0.4, -0.2) is 65.5 Å². The molecule has 0 saturated heterocycles. The Balaban J connectivity index is 2.42. The molecule has 0 saturated carbocycles. The molecule has 0 aliphatic rings. The van der Waals surface area contributed by atoms with Gasteiger partial charge in [0.25, 0.3) is 11.8 Å². The third kappa shape index (κ3) is 12.9. The van der Waals surface area contributed by atoms with E-state index < -0.39 is 64.3 Å². The van der Waals surface area contributed by atoms with Crippen LogP contribution in [0.2, 0.25) is 0 Å². The molecule has 0 fully saturated rings. The van der Waals surface area contributed by atoms with Gasteiger partial charge in [-0.15, -0.1) is 0 Å². The summed E-state index contributed by atoms with van der Waals surface area (Å²) < 4.78 is 10.1. The lowest BCUT2D eigenvalue weighted by Gasteiger charge is -2.28. The van der Waals surface area contributed by atoms with Crippen LogP contribution in [-0.2, 0) is 33.4 Å². The fourth-order valence-electron chi connectivity index (χ4n) is 4.26. The highest BCUT2D eigenvalue weighted by Crippen LogP contribution is 2.14. The summed E-state index contributed by atoms with van der Waals surface area (Å²) in [6.45, 7) is 14.2. The molecule has 13 nitrogen and oxygen atoms in total. The van der Waals surface area contributed by atoms with Crippen molar-refractivity contribution < 1.29 is 38.2 Å². The fraction of sp³-hybridized carbons (Fsp3) is 0.405. The van der Waals surface area contributed by atoms with Crippen molar-refractivity contribution in [3.05, 3.63) is 83.2 Å². The molecule has 5 N–H and O–H groups in total. The minimum Gasteiger partial charge on any atom is -0.467 e. The second-order valence-electron chi connectivity index (χ2n) is 13.9.